The number of nitrogens with zero attached hydrogens (tertiary/aromatic N) is 2. The molecule has 1 aliphatic rings. The highest BCUT2D eigenvalue weighted by molar-refractivity contribution is 7.99. The topological polar surface area (TPSA) is 16.8 Å². The van der Waals surface area contributed by atoms with Gasteiger partial charge in [0.1, 0.15) is 5.69 Å². The summed E-state index contributed by atoms with van der Waals surface area (Å²) in [4.78, 5) is 7.50. The van der Waals surface area contributed by atoms with Crippen LogP contribution in [0.1, 0.15) is 5.56 Å². The minimum Gasteiger partial charge on any atom is -0.232 e. The number of aryl methyl sites for hydroxylation is 2. The van der Waals surface area contributed by atoms with Crippen molar-refractivity contribution in [3.63, 3.8) is 0 Å². The Morgan fingerprint density at radius 2 is 1.78 bits per heavy atom. The second-order valence-corrected chi connectivity index (χ2v) is 14.7. The van der Waals surface area contributed by atoms with E-state index in [9.17, 15) is 0 Å². The van der Waals surface area contributed by atoms with E-state index in [0.29, 0.717) is 0 Å². The minimum absolute atomic E-state index is 1.13. The Hall–Kier alpha value is -2.17. The predicted octanol–water partition coefficient (Wildman–Crippen LogP) is 5.20. The van der Waals surface area contributed by atoms with Gasteiger partial charge in [-0.05, 0) is 46.4 Å². The first kappa shape index (κ1) is 17.0. The van der Waals surface area contributed by atoms with Crippen LogP contribution in [0.4, 0.5) is 0 Å². The summed E-state index contributed by atoms with van der Waals surface area (Å²) in [6, 6.07) is 15.8. The van der Waals surface area contributed by atoms with Gasteiger partial charge in [0.15, 0.2) is 5.52 Å². The summed E-state index contributed by atoms with van der Waals surface area (Å²) >= 11 is 1.91. The van der Waals surface area contributed by atoms with Crippen LogP contribution in [0, 0.1) is 6.92 Å². The second-order valence-electron chi connectivity index (χ2n) is 8.52. The predicted molar refractivity (Wildman–Crippen MR) is 118 cm³/mol. The molecule has 0 fully saturated rings. The van der Waals surface area contributed by atoms with Gasteiger partial charge in [0.25, 0.3) is 6.33 Å². The first-order valence-corrected chi connectivity index (χ1v) is 13.7. The summed E-state index contributed by atoms with van der Waals surface area (Å²) in [5.74, 6) is 0. The van der Waals surface area contributed by atoms with E-state index in [2.05, 4.69) is 80.6 Å². The highest BCUT2D eigenvalue weighted by atomic mass is 32.2. The van der Waals surface area contributed by atoms with E-state index in [0.717, 1.165) is 5.52 Å². The fourth-order valence-electron chi connectivity index (χ4n) is 4.13. The van der Waals surface area contributed by atoms with E-state index in [1.807, 2.05) is 18.1 Å². The van der Waals surface area contributed by atoms with E-state index in [4.69, 9.17) is 4.98 Å². The quantitative estimate of drug-likeness (QED) is 0.290. The molecule has 0 amide bonds. The van der Waals surface area contributed by atoms with Gasteiger partial charge in [-0.2, -0.15) is 0 Å². The Morgan fingerprint density at radius 3 is 2.56 bits per heavy atom. The van der Waals surface area contributed by atoms with Gasteiger partial charge in [-0.25, -0.2) is 4.57 Å². The Morgan fingerprint density at radius 1 is 1.00 bits per heavy atom. The Balaban J connectivity index is 1.94. The molecule has 27 heavy (non-hydrogen) atoms. The first-order valence-electron chi connectivity index (χ1n) is 9.38. The number of hydrogen-bond acceptors (Lipinski definition) is 2. The van der Waals surface area contributed by atoms with Gasteiger partial charge in [0.05, 0.1) is 20.5 Å². The molecular formula is C23H23N2SSi+. The number of hydrogen-bond donors (Lipinski definition) is 0. The molecule has 0 atom stereocenters. The lowest BCUT2D eigenvalue weighted by atomic mass is 9.95. The van der Waals surface area contributed by atoms with Crippen LogP contribution < -0.4 is 9.75 Å². The number of fused-ring (bicyclic) bond motifs is 3. The van der Waals surface area contributed by atoms with Crippen molar-refractivity contribution in [2.75, 3.05) is 0 Å². The average molecular weight is 388 g/mol. The molecule has 0 unspecified atom stereocenters. The number of rotatable bonds is 1. The van der Waals surface area contributed by atoms with Crippen molar-refractivity contribution < 1.29 is 4.57 Å². The highest BCUT2D eigenvalue weighted by Crippen LogP contribution is 2.48. The van der Waals surface area contributed by atoms with Crippen LogP contribution in [-0.2, 0) is 7.05 Å². The standard InChI is InChI=1S/C23H23N2SSi/c1-14-17-9-7-6-8-15(17)10-19-21(14)23-22-18(24-13-25(23)2)11-16(27(3,4)5)12-20(22)26-19/h6-13H,1-5H3/q+1. The van der Waals surface area contributed by atoms with Gasteiger partial charge in [0.2, 0.25) is 0 Å². The summed E-state index contributed by atoms with van der Waals surface area (Å²) in [6.07, 6.45) is 1.98. The normalized spacial score (nSPS) is 13.2. The minimum atomic E-state index is -1.41. The lowest BCUT2D eigenvalue weighted by Crippen LogP contribution is -2.38. The van der Waals surface area contributed by atoms with E-state index in [-0.39, 0.29) is 0 Å². The monoisotopic (exact) mass is 387 g/mol. The fraction of sp³-hybridized carbons (Fsp3) is 0.217. The summed E-state index contributed by atoms with van der Waals surface area (Å²) < 4.78 is 2.19. The molecule has 1 aliphatic heterocycles. The molecule has 5 rings (SSSR count). The zero-order valence-corrected chi connectivity index (χ0v) is 18.2. The van der Waals surface area contributed by atoms with Crippen LogP contribution in [0.2, 0.25) is 19.6 Å². The van der Waals surface area contributed by atoms with Crippen LogP contribution in [0.15, 0.2) is 58.6 Å². The third kappa shape index (κ3) is 2.47. The molecule has 3 aromatic carbocycles. The Bertz CT molecular complexity index is 1260. The van der Waals surface area contributed by atoms with Crippen molar-refractivity contribution in [2.45, 2.75) is 36.4 Å². The molecule has 2 nitrogen and oxygen atoms in total. The number of aromatic nitrogens is 2. The molecular weight excluding hydrogens is 364 g/mol. The maximum Gasteiger partial charge on any atom is 0.287 e. The van der Waals surface area contributed by atoms with Crippen LogP contribution >= 0.6 is 11.8 Å². The van der Waals surface area contributed by atoms with E-state index in [1.165, 1.54) is 48.0 Å². The summed E-state index contributed by atoms with van der Waals surface area (Å²) in [6.45, 7) is 9.48. The maximum atomic E-state index is 4.80. The van der Waals surface area contributed by atoms with Gasteiger partial charge in [-0.3, -0.25) is 0 Å². The van der Waals surface area contributed by atoms with Gasteiger partial charge >= 0.3 is 0 Å². The van der Waals surface area contributed by atoms with E-state index >= 15 is 0 Å². The molecule has 4 aromatic rings. The average Bonchev–Trinajstić information content (AvgIpc) is 2.63. The third-order valence-electron chi connectivity index (χ3n) is 5.64. The van der Waals surface area contributed by atoms with Crippen molar-refractivity contribution in [3.8, 4) is 11.3 Å². The molecule has 0 N–H and O–H groups in total. The van der Waals surface area contributed by atoms with Crippen molar-refractivity contribution in [3.05, 3.63) is 54.4 Å². The van der Waals surface area contributed by atoms with Crippen molar-refractivity contribution in [2.24, 2.45) is 7.05 Å². The largest absolute Gasteiger partial charge is 0.287 e. The number of benzene rings is 3. The molecule has 0 saturated carbocycles. The highest BCUT2D eigenvalue weighted by Gasteiger charge is 2.30. The van der Waals surface area contributed by atoms with Crippen LogP contribution in [-0.4, -0.2) is 13.1 Å². The summed E-state index contributed by atoms with van der Waals surface area (Å²) in [7, 11) is 0.706. The Kier molecular flexibility index (Phi) is 3.56. The van der Waals surface area contributed by atoms with Gasteiger partial charge in [-0.1, -0.05) is 60.9 Å². The summed E-state index contributed by atoms with van der Waals surface area (Å²) in [5, 5.41) is 5.44. The molecule has 4 heteroatoms. The molecule has 0 radical (unpaired) electrons. The second kappa shape index (κ2) is 5.66. The lowest BCUT2D eigenvalue weighted by molar-refractivity contribution is -0.662. The molecule has 0 bridgehead atoms. The molecule has 0 spiro atoms. The smallest absolute Gasteiger partial charge is 0.232 e. The van der Waals surface area contributed by atoms with Crippen LogP contribution in [0.25, 0.3) is 32.9 Å². The zero-order valence-electron chi connectivity index (χ0n) is 16.4. The van der Waals surface area contributed by atoms with E-state index in [1.54, 1.807) is 0 Å². The van der Waals surface area contributed by atoms with Gasteiger partial charge in [-0.15, -0.1) is 0 Å². The van der Waals surface area contributed by atoms with Crippen LogP contribution in [0.5, 0.6) is 0 Å². The molecule has 1 aromatic heterocycles. The first-order chi connectivity index (χ1) is 12.8. The van der Waals surface area contributed by atoms with Gasteiger partial charge < -0.3 is 0 Å². The SMILES string of the molecule is Cc1c2c(cc3ccccc13)Sc1cc([Si](C)(C)C)cc3nc[n+](C)c-2c13. The van der Waals surface area contributed by atoms with Crippen LogP contribution in [0.3, 0.4) is 0 Å². The van der Waals surface area contributed by atoms with Crippen molar-refractivity contribution >= 4 is 46.7 Å². The lowest BCUT2D eigenvalue weighted by Gasteiger charge is -2.24. The summed E-state index contributed by atoms with van der Waals surface area (Å²) in [5.41, 5.74) is 5.15. The Labute approximate surface area is 165 Å². The molecule has 0 saturated heterocycles. The van der Waals surface area contributed by atoms with E-state index < -0.39 is 8.07 Å². The van der Waals surface area contributed by atoms with Crippen molar-refractivity contribution in [1.82, 2.24) is 4.98 Å². The van der Waals surface area contributed by atoms with Crippen molar-refractivity contribution in [1.29, 1.82) is 0 Å². The molecule has 2 heterocycles. The third-order valence-corrected chi connectivity index (χ3v) is 8.74. The zero-order chi connectivity index (χ0) is 18.9. The molecule has 134 valence electrons. The maximum absolute atomic E-state index is 4.80. The molecule has 0 aliphatic carbocycles. The van der Waals surface area contributed by atoms with Gasteiger partial charge in [0, 0.05) is 15.4 Å². The fourth-order valence-corrected chi connectivity index (χ4v) is 6.64.